The fourth-order valence-corrected chi connectivity index (χ4v) is 2.70. The number of nitrogens with one attached hydrogen (secondary N) is 1. The van der Waals surface area contributed by atoms with Crippen molar-refractivity contribution in [1.82, 2.24) is 20.2 Å². The summed E-state index contributed by atoms with van der Waals surface area (Å²) < 4.78 is 13.3. The van der Waals surface area contributed by atoms with Crippen LogP contribution in [0.5, 0.6) is 0 Å². The summed E-state index contributed by atoms with van der Waals surface area (Å²) in [5, 5.41) is 2.84. The van der Waals surface area contributed by atoms with E-state index in [4.69, 9.17) is 0 Å². The fourth-order valence-electron chi connectivity index (χ4n) is 2.22. The number of carbonyl (C=O) groups is 1. The molecule has 0 aliphatic carbocycles. The Morgan fingerprint density at radius 3 is 2.91 bits per heavy atom. The largest absolute Gasteiger partial charge is 0.349 e. The minimum absolute atomic E-state index is 0.237. The lowest BCUT2D eigenvalue weighted by molar-refractivity contribution is 0.0943. The van der Waals surface area contributed by atoms with E-state index in [1.807, 2.05) is 25.1 Å². The van der Waals surface area contributed by atoms with Crippen LogP contribution in [0.2, 0.25) is 0 Å². The number of likely N-dealkylation sites (N-methyl/N-ethyl adjacent to an activating group) is 1. The molecule has 1 amide bonds. The van der Waals surface area contributed by atoms with Crippen LogP contribution in [0.25, 0.3) is 11.0 Å². The molecule has 23 heavy (non-hydrogen) atoms. The van der Waals surface area contributed by atoms with Crippen LogP contribution in [-0.4, -0.2) is 53.6 Å². The molecule has 0 spiro atoms. The number of amides is 1. The van der Waals surface area contributed by atoms with Gasteiger partial charge in [-0.2, -0.15) is 0 Å². The molecule has 0 radical (unpaired) electrons. The molecule has 0 aliphatic heterocycles. The van der Waals surface area contributed by atoms with Gasteiger partial charge in [-0.3, -0.25) is 14.2 Å². The number of aromatic nitrogens is 2. The zero-order chi connectivity index (χ0) is 16.7. The number of halogens is 2. The first-order chi connectivity index (χ1) is 11.1. The van der Waals surface area contributed by atoms with Crippen LogP contribution in [0.3, 0.4) is 0 Å². The molecule has 1 aromatic heterocycles. The van der Waals surface area contributed by atoms with Crippen LogP contribution >= 0.6 is 22.6 Å². The highest BCUT2D eigenvalue weighted by molar-refractivity contribution is 14.1. The molecule has 1 aromatic carbocycles. The summed E-state index contributed by atoms with van der Waals surface area (Å²) in [4.78, 5) is 22.9. The van der Waals surface area contributed by atoms with E-state index in [9.17, 15) is 9.18 Å². The van der Waals surface area contributed by atoms with E-state index >= 15 is 0 Å². The SMILES string of the molecule is CCN(CCCF)CCNC(=O)c1cnc2cc([125I])ccc2n1. The Hall–Kier alpha value is -1.35. The number of hydrogen-bond donors (Lipinski definition) is 1. The maximum atomic E-state index is 12.2. The Bertz CT molecular complexity index is 668. The van der Waals surface area contributed by atoms with Crippen LogP contribution in [0.15, 0.2) is 24.4 Å². The van der Waals surface area contributed by atoms with Gasteiger partial charge in [0.15, 0.2) is 0 Å². The Morgan fingerprint density at radius 2 is 2.17 bits per heavy atom. The van der Waals surface area contributed by atoms with Gasteiger partial charge < -0.3 is 10.2 Å². The van der Waals surface area contributed by atoms with E-state index < -0.39 is 0 Å². The molecule has 5 nitrogen and oxygen atoms in total. The second-order valence-corrected chi connectivity index (χ2v) is 6.37. The Kier molecular flexibility index (Phi) is 7.10. The van der Waals surface area contributed by atoms with Crippen molar-refractivity contribution in [2.75, 3.05) is 32.9 Å². The third-order valence-corrected chi connectivity index (χ3v) is 4.18. The van der Waals surface area contributed by atoms with Crippen molar-refractivity contribution in [3.63, 3.8) is 0 Å². The van der Waals surface area contributed by atoms with Crippen LogP contribution in [0.1, 0.15) is 23.8 Å². The molecule has 0 aliphatic rings. The Labute approximate surface area is 148 Å². The summed E-state index contributed by atoms with van der Waals surface area (Å²) in [5.41, 5.74) is 1.79. The average molecular weight is 428 g/mol. The first kappa shape index (κ1) is 18.0. The van der Waals surface area contributed by atoms with Gasteiger partial charge in [0, 0.05) is 23.2 Å². The predicted octanol–water partition coefficient (Wildman–Crippen LogP) is 2.65. The van der Waals surface area contributed by atoms with Gasteiger partial charge in [-0.05, 0) is 53.8 Å². The zero-order valence-electron chi connectivity index (χ0n) is 13.1. The molecule has 0 fully saturated rings. The molecular formula is C16H20FIN4O. The average Bonchev–Trinajstić information content (AvgIpc) is 2.57. The van der Waals surface area contributed by atoms with E-state index in [-0.39, 0.29) is 12.6 Å². The maximum Gasteiger partial charge on any atom is 0.271 e. The van der Waals surface area contributed by atoms with Gasteiger partial charge in [-0.25, -0.2) is 4.98 Å². The highest BCUT2D eigenvalue weighted by Crippen LogP contribution is 2.13. The molecule has 0 bridgehead atoms. The number of fused-ring (bicyclic) bond motifs is 1. The highest BCUT2D eigenvalue weighted by Gasteiger charge is 2.10. The zero-order valence-corrected chi connectivity index (χ0v) is 15.2. The van der Waals surface area contributed by atoms with Gasteiger partial charge in [-0.1, -0.05) is 6.92 Å². The van der Waals surface area contributed by atoms with Gasteiger partial charge in [0.1, 0.15) is 5.69 Å². The highest BCUT2D eigenvalue weighted by atomic mass is 125. The molecule has 2 aromatic rings. The molecule has 124 valence electrons. The van der Waals surface area contributed by atoms with E-state index in [2.05, 4.69) is 42.8 Å². The first-order valence-corrected chi connectivity index (χ1v) is 8.70. The van der Waals surface area contributed by atoms with E-state index in [0.717, 1.165) is 15.6 Å². The van der Waals surface area contributed by atoms with Crippen molar-refractivity contribution in [3.05, 3.63) is 33.7 Å². The normalized spacial score (nSPS) is 11.1. The lowest BCUT2D eigenvalue weighted by Gasteiger charge is -2.19. The van der Waals surface area contributed by atoms with E-state index in [0.29, 0.717) is 37.3 Å². The number of carbonyl (C=O) groups excluding carboxylic acids is 1. The standard InChI is InChI=1S/C16H20FIN4O/c1-2-22(8-3-6-17)9-7-19-16(23)15-11-20-14-10-12(18)4-5-13(14)21-15/h4-5,10-11H,2-3,6-9H2,1H3,(H,19,23)/i18-2. The third kappa shape index (κ3) is 5.35. The summed E-state index contributed by atoms with van der Waals surface area (Å²) in [7, 11) is 0. The molecule has 1 N–H and O–H groups in total. The molecule has 0 saturated carbocycles. The number of alkyl halides is 1. The quantitative estimate of drug-likeness (QED) is 0.657. The minimum Gasteiger partial charge on any atom is -0.349 e. The Morgan fingerprint density at radius 1 is 1.35 bits per heavy atom. The number of hydrogen-bond acceptors (Lipinski definition) is 4. The van der Waals surface area contributed by atoms with Crippen molar-refractivity contribution in [1.29, 1.82) is 0 Å². The van der Waals surface area contributed by atoms with Crippen molar-refractivity contribution >= 4 is 39.5 Å². The lowest BCUT2D eigenvalue weighted by Crippen LogP contribution is -2.35. The summed E-state index contributed by atoms with van der Waals surface area (Å²) in [5.74, 6) is -0.237. The summed E-state index contributed by atoms with van der Waals surface area (Å²) in [6.45, 7) is 4.46. The topological polar surface area (TPSA) is 58.1 Å². The van der Waals surface area contributed by atoms with Gasteiger partial charge >= 0.3 is 0 Å². The molecule has 1 heterocycles. The van der Waals surface area contributed by atoms with Crippen molar-refractivity contribution < 1.29 is 9.18 Å². The minimum atomic E-state index is -0.311. The van der Waals surface area contributed by atoms with Gasteiger partial charge in [0.2, 0.25) is 0 Å². The van der Waals surface area contributed by atoms with E-state index in [1.54, 1.807) is 0 Å². The van der Waals surface area contributed by atoms with Crippen molar-refractivity contribution in [2.24, 2.45) is 0 Å². The van der Waals surface area contributed by atoms with Crippen LogP contribution in [-0.2, 0) is 0 Å². The second kappa shape index (κ2) is 9.07. The van der Waals surface area contributed by atoms with Gasteiger partial charge in [0.05, 0.1) is 23.9 Å². The molecular weight excluding hydrogens is 408 g/mol. The van der Waals surface area contributed by atoms with Crippen LogP contribution < -0.4 is 5.32 Å². The number of nitrogens with zero attached hydrogens (tertiary/aromatic N) is 3. The first-order valence-electron chi connectivity index (χ1n) is 7.63. The predicted molar refractivity (Wildman–Crippen MR) is 97.3 cm³/mol. The van der Waals surface area contributed by atoms with Crippen molar-refractivity contribution in [3.8, 4) is 0 Å². The monoisotopic (exact) mass is 428 g/mol. The maximum absolute atomic E-state index is 12.2. The molecule has 2 rings (SSSR count). The summed E-state index contributed by atoms with van der Waals surface area (Å²) >= 11 is 2.21. The second-order valence-electron chi connectivity index (χ2n) is 5.12. The summed E-state index contributed by atoms with van der Waals surface area (Å²) in [6.07, 6.45) is 2.02. The van der Waals surface area contributed by atoms with Crippen LogP contribution in [0.4, 0.5) is 4.39 Å². The molecule has 0 unspecified atom stereocenters. The number of rotatable bonds is 8. The van der Waals surface area contributed by atoms with Gasteiger partial charge in [0.25, 0.3) is 5.91 Å². The van der Waals surface area contributed by atoms with E-state index in [1.165, 1.54) is 6.20 Å². The Balaban J connectivity index is 1.91. The third-order valence-electron chi connectivity index (χ3n) is 3.51. The smallest absolute Gasteiger partial charge is 0.271 e. The number of benzene rings is 1. The lowest BCUT2D eigenvalue weighted by atomic mass is 10.3. The molecule has 0 atom stereocenters. The van der Waals surface area contributed by atoms with Crippen LogP contribution in [0, 0.1) is 3.57 Å². The molecule has 0 saturated heterocycles. The van der Waals surface area contributed by atoms with Gasteiger partial charge in [-0.15, -0.1) is 0 Å². The van der Waals surface area contributed by atoms with Crippen molar-refractivity contribution in [2.45, 2.75) is 13.3 Å². The molecule has 7 heteroatoms. The fraction of sp³-hybridized carbons (Fsp3) is 0.438. The summed E-state index contributed by atoms with van der Waals surface area (Å²) in [6, 6.07) is 5.72.